The number of fused-ring (bicyclic) bond motifs is 1. The van der Waals surface area contributed by atoms with Crippen molar-refractivity contribution in [2.24, 2.45) is 5.73 Å². The van der Waals surface area contributed by atoms with Crippen molar-refractivity contribution in [3.05, 3.63) is 29.7 Å². The second-order valence-electron chi connectivity index (χ2n) is 4.99. The van der Waals surface area contributed by atoms with Crippen LogP contribution < -0.4 is 11.1 Å². The van der Waals surface area contributed by atoms with E-state index in [0.29, 0.717) is 29.9 Å². The van der Waals surface area contributed by atoms with Gasteiger partial charge in [0.1, 0.15) is 5.82 Å². The molecule has 1 amide bonds. The maximum absolute atomic E-state index is 11.6. The largest absolute Gasteiger partial charge is 0.373 e. The van der Waals surface area contributed by atoms with E-state index in [1.165, 1.54) is 6.20 Å². The molecule has 20 heavy (non-hydrogen) atoms. The molecule has 6 heteroatoms. The number of hydrogen-bond donors (Lipinski definition) is 2. The summed E-state index contributed by atoms with van der Waals surface area (Å²) >= 11 is 0. The van der Waals surface area contributed by atoms with Crippen LogP contribution in [0.1, 0.15) is 28.9 Å². The minimum atomic E-state index is -0.655. The summed E-state index contributed by atoms with van der Waals surface area (Å²) in [6, 6.07) is 1.78. The van der Waals surface area contributed by atoms with Crippen LogP contribution >= 0.6 is 0 Å². The maximum atomic E-state index is 11.6. The number of aldehydes is 1. The molecule has 1 saturated carbocycles. The van der Waals surface area contributed by atoms with Crippen molar-refractivity contribution in [3.63, 3.8) is 0 Å². The number of primary amides is 1. The quantitative estimate of drug-likeness (QED) is 0.808. The summed E-state index contributed by atoms with van der Waals surface area (Å²) in [4.78, 5) is 31.3. The molecular weight excluding hydrogens is 256 g/mol. The van der Waals surface area contributed by atoms with Crippen LogP contribution in [0.15, 0.2) is 18.5 Å². The highest BCUT2D eigenvalue weighted by Gasteiger charge is 2.51. The summed E-state index contributed by atoms with van der Waals surface area (Å²) in [5.74, 6) is 0.286. The highest BCUT2D eigenvalue weighted by molar-refractivity contribution is 6.02. The van der Waals surface area contributed by atoms with Gasteiger partial charge in [-0.25, -0.2) is 4.98 Å². The molecule has 2 aromatic heterocycles. The van der Waals surface area contributed by atoms with E-state index in [0.717, 1.165) is 17.1 Å². The number of aromatic nitrogens is 2. The Balaban J connectivity index is 2.25. The summed E-state index contributed by atoms with van der Waals surface area (Å²) < 4.78 is 0. The van der Waals surface area contributed by atoms with E-state index in [2.05, 4.69) is 15.3 Å². The van der Waals surface area contributed by atoms with E-state index in [-0.39, 0.29) is 5.91 Å². The van der Waals surface area contributed by atoms with Crippen LogP contribution in [0.3, 0.4) is 0 Å². The molecule has 2 heterocycles. The predicted molar refractivity (Wildman–Crippen MR) is 74.6 cm³/mol. The highest BCUT2D eigenvalue weighted by Crippen LogP contribution is 2.47. The fourth-order valence-electron chi connectivity index (χ4n) is 2.46. The van der Waals surface area contributed by atoms with E-state index >= 15 is 0 Å². The van der Waals surface area contributed by atoms with Gasteiger partial charge in [-0.1, -0.05) is 0 Å². The van der Waals surface area contributed by atoms with Gasteiger partial charge in [-0.15, -0.1) is 0 Å². The smallest absolute Gasteiger partial charge is 0.229 e. The van der Waals surface area contributed by atoms with Gasteiger partial charge in [-0.3, -0.25) is 14.6 Å². The lowest BCUT2D eigenvalue weighted by molar-refractivity contribution is -0.120. The SMILES string of the molecule is CNc1ncc(C=O)c2cc(C3(C(N)=O)CC3)ncc12. The Labute approximate surface area is 115 Å². The predicted octanol–water partition coefficient (Wildman–Crippen LogP) is 1.00. The third kappa shape index (κ3) is 1.65. The molecule has 0 spiro atoms. The number of nitrogens with zero attached hydrogens (tertiary/aromatic N) is 2. The Morgan fingerprint density at radius 3 is 2.65 bits per heavy atom. The number of pyridine rings is 2. The topological polar surface area (TPSA) is 98.0 Å². The van der Waals surface area contributed by atoms with E-state index in [9.17, 15) is 9.59 Å². The first-order valence-electron chi connectivity index (χ1n) is 6.34. The molecule has 0 atom stereocenters. The number of carbonyl (C=O) groups excluding carboxylic acids is 2. The third-order valence-corrected chi connectivity index (χ3v) is 3.88. The van der Waals surface area contributed by atoms with Crippen LogP contribution in [0.5, 0.6) is 0 Å². The van der Waals surface area contributed by atoms with Crippen molar-refractivity contribution in [3.8, 4) is 0 Å². The Morgan fingerprint density at radius 2 is 2.10 bits per heavy atom. The van der Waals surface area contributed by atoms with E-state index < -0.39 is 5.41 Å². The van der Waals surface area contributed by atoms with Crippen molar-refractivity contribution in [1.82, 2.24) is 9.97 Å². The molecule has 1 fully saturated rings. The van der Waals surface area contributed by atoms with Crippen LogP contribution in [0.4, 0.5) is 5.82 Å². The van der Waals surface area contributed by atoms with Crippen molar-refractivity contribution < 1.29 is 9.59 Å². The lowest BCUT2D eigenvalue weighted by Gasteiger charge is -2.13. The Kier molecular flexibility index (Phi) is 2.67. The first kappa shape index (κ1) is 12.5. The third-order valence-electron chi connectivity index (χ3n) is 3.88. The zero-order chi connectivity index (χ0) is 14.3. The molecule has 2 aromatic rings. The first-order valence-corrected chi connectivity index (χ1v) is 6.34. The molecule has 3 N–H and O–H groups in total. The number of nitrogens with one attached hydrogen (secondary N) is 1. The number of hydrogen-bond acceptors (Lipinski definition) is 5. The van der Waals surface area contributed by atoms with Crippen molar-refractivity contribution in [1.29, 1.82) is 0 Å². The van der Waals surface area contributed by atoms with Gasteiger partial charge in [-0.05, 0) is 18.9 Å². The minimum absolute atomic E-state index is 0.361. The van der Waals surface area contributed by atoms with Crippen LogP contribution in [-0.4, -0.2) is 29.2 Å². The van der Waals surface area contributed by atoms with Gasteiger partial charge in [0.25, 0.3) is 0 Å². The van der Waals surface area contributed by atoms with Crippen molar-refractivity contribution in [2.75, 3.05) is 12.4 Å². The van der Waals surface area contributed by atoms with Gasteiger partial charge in [0.05, 0.1) is 11.1 Å². The zero-order valence-electron chi connectivity index (χ0n) is 11.0. The second kappa shape index (κ2) is 4.26. The maximum Gasteiger partial charge on any atom is 0.229 e. The molecule has 0 radical (unpaired) electrons. The van der Waals surface area contributed by atoms with Crippen molar-refractivity contribution in [2.45, 2.75) is 18.3 Å². The summed E-state index contributed by atoms with van der Waals surface area (Å²) in [5.41, 5.74) is 5.92. The van der Waals surface area contributed by atoms with Gasteiger partial charge < -0.3 is 11.1 Å². The van der Waals surface area contributed by atoms with Gasteiger partial charge in [-0.2, -0.15) is 0 Å². The fourth-order valence-corrected chi connectivity index (χ4v) is 2.46. The zero-order valence-corrected chi connectivity index (χ0v) is 11.0. The molecule has 102 valence electrons. The molecule has 0 saturated heterocycles. The van der Waals surface area contributed by atoms with Gasteiger partial charge in [0.15, 0.2) is 6.29 Å². The number of rotatable bonds is 4. The second-order valence-corrected chi connectivity index (χ2v) is 4.99. The summed E-state index contributed by atoms with van der Waals surface area (Å²) in [7, 11) is 1.75. The summed E-state index contributed by atoms with van der Waals surface area (Å²) in [6.07, 6.45) is 5.32. The molecule has 1 aliphatic rings. The Bertz CT molecular complexity index is 722. The molecule has 6 nitrogen and oxygen atoms in total. The monoisotopic (exact) mass is 270 g/mol. The van der Waals surface area contributed by atoms with Crippen LogP contribution in [0.25, 0.3) is 10.8 Å². The Morgan fingerprint density at radius 1 is 1.35 bits per heavy atom. The molecule has 1 aliphatic carbocycles. The minimum Gasteiger partial charge on any atom is -0.373 e. The summed E-state index contributed by atoms with van der Waals surface area (Å²) in [5, 5.41) is 4.44. The average Bonchev–Trinajstić information content (AvgIpc) is 3.27. The fraction of sp³-hybridized carbons (Fsp3) is 0.286. The van der Waals surface area contributed by atoms with Gasteiger partial charge in [0, 0.05) is 35.8 Å². The normalized spacial score (nSPS) is 15.8. The lowest BCUT2D eigenvalue weighted by atomic mass is 9.98. The van der Waals surface area contributed by atoms with Crippen LogP contribution in [-0.2, 0) is 10.2 Å². The van der Waals surface area contributed by atoms with Crippen LogP contribution in [0, 0.1) is 0 Å². The standard InChI is InChI=1S/C14H14N4O2/c1-16-12-10-6-17-11(14(2-3-14)13(15)20)4-9(10)8(7-19)5-18-12/h4-7H,2-3H2,1H3,(H2,15,20)(H,16,18). The molecule has 0 bridgehead atoms. The van der Waals surface area contributed by atoms with E-state index in [4.69, 9.17) is 5.73 Å². The molecule has 3 rings (SSSR count). The number of anilines is 1. The number of nitrogens with two attached hydrogens (primary N) is 1. The van der Waals surface area contributed by atoms with Crippen LogP contribution in [0.2, 0.25) is 0 Å². The molecule has 0 aromatic carbocycles. The Hall–Kier alpha value is -2.50. The van der Waals surface area contributed by atoms with Gasteiger partial charge in [0.2, 0.25) is 5.91 Å². The summed E-state index contributed by atoms with van der Waals surface area (Å²) in [6.45, 7) is 0. The molecule has 0 aliphatic heterocycles. The molecule has 0 unspecified atom stereocenters. The number of amides is 1. The van der Waals surface area contributed by atoms with E-state index in [1.54, 1.807) is 19.3 Å². The number of carbonyl (C=O) groups is 2. The van der Waals surface area contributed by atoms with Gasteiger partial charge >= 0.3 is 0 Å². The average molecular weight is 270 g/mol. The lowest BCUT2D eigenvalue weighted by Crippen LogP contribution is -2.29. The van der Waals surface area contributed by atoms with Crippen molar-refractivity contribution >= 4 is 28.8 Å². The first-order chi connectivity index (χ1) is 9.62. The molecular formula is C14H14N4O2. The van der Waals surface area contributed by atoms with E-state index in [1.807, 2.05) is 0 Å². The highest BCUT2D eigenvalue weighted by atomic mass is 16.1.